The highest BCUT2D eigenvalue weighted by molar-refractivity contribution is 14.1. The Hall–Kier alpha value is -1.18. The maximum Gasteiger partial charge on any atom is 0.311 e. The molecule has 1 amide bonds. The fourth-order valence-corrected chi connectivity index (χ4v) is 3.44. The van der Waals surface area contributed by atoms with E-state index in [0.29, 0.717) is 22.1 Å². The molecule has 2 rings (SSSR count). The van der Waals surface area contributed by atoms with Gasteiger partial charge in [-0.3, -0.25) is 9.59 Å². The van der Waals surface area contributed by atoms with Gasteiger partial charge < -0.3 is 10.0 Å². The van der Waals surface area contributed by atoms with Crippen molar-refractivity contribution in [2.75, 3.05) is 13.1 Å². The van der Waals surface area contributed by atoms with E-state index in [-0.39, 0.29) is 24.2 Å². The molecule has 114 valence electrons. The molecule has 1 N–H and O–H groups in total. The Morgan fingerprint density at radius 3 is 2.57 bits per heavy atom. The van der Waals surface area contributed by atoms with Crippen LogP contribution in [0.3, 0.4) is 0 Å². The molecule has 1 heterocycles. The van der Waals surface area contributed by atoms with E-state index in [4.69, 9.17) is 0 Å². The molecule has 1 aliphatic rings. The summed E-state index contributed by atoms with van der Waals surface area (Å²) in [6, 6.07) is 4.00. The molecule has 6 heteroatoms. The van der Waals surface area contributed by atoms with Crippen molar-refractivity contribution in [1.82, 2.24) is 4.90 Å². The first-order valence-corrected chi connectivity index (χ1v) is 7.83. The second-order valence-corrected chi connectivity index (χ2v) is 6.88. The first kappa shape index (κ1) is 16.2. The summed E-state index contributed by atoms with van der Waals surface area (Å²) < 4.78 is 13.7. The highest BCUT2D eigenvalue weighted by Crippen LogP contribution is 2.38. The molecule has 4 nitrogen and oxygen atoms in total. The Balaban J connectivity index is 2.25. The zero-order valence-electron chi connectivity index (χ0n) is 11.9. The minimum Gasteiger partial charge on any atom is -0.481 e. The third kappa shape index (κ3) is 2.90. The SMILES string of the molecule is CC(C)C1(C(=O)O)CCN(C(=O)c2ccc(F)cc2I)C1. The number of likely N-dealkylation sites (tertiary alicyclic amines) is 1. The molecule has 0 saturated carbocycles. The van der Waals surface area contributed by atoms with E-state index in [1.807, 2.05) is 36.4 Å². The van der Waals surface area contributed by atoms with Crippen molar-refractivity contribution in [3.63, 3.8) is 0 Å². The Bertz CT molecular complexity index is 590. The van der Waals surface area contributed by atoms with E-state index in [1.165, 1.54) is 18.2 Å². The summed E-state index contributed by atoms with van der Waals surface area (Å²) >= 11 is 1.92. The second-order valence-electron chi connectivity index (χ2n) is 5.72. The summed E-state index contributed by atoms with van der Waals surface area (Å²) in [5.74, 6) is -1.54. The fraction of sp³-hybridized carbons (Fsp3) is 0.467. The van der Waals surface area contributed by atoms with Crippen LogP contribution >= 0.6 is 22.6 Å². The maximum absolute atomic E-state index is 13.1. The molecule has 0 radical (unpaired) electrons. The van der Waals surface area contributed by atoms with Crippen LogP contribution in [0, 0.1) is 20.7 Å². The van der Waals surface area contributed by atoms with Crippen molar-refractivity contribution in [2.24, 2.45) is 11.3 Å². The number of carboxylic acids is 1. The number of carbonyl (C=O) groups excluding carboxylic acids is 1. The maximum atomic E-state index is 13.1. The minimum absolute atomic E-state index is 0.0555. The number of hydrogen-bond donors (Lipinski definition) is 1. The van der Waals surface area contributed by atoms with E-state index in [9.17, 15) is 19.1 Å². The van der Waals surface area contributed by atoms with Crippen LogP contribution in [0.15, 0.2) is 18.2 Å². The topological polar surface area (TPSA) is 57.6 Å². The van der Waals surface area contributed by atoms with Crippen LogP contribution in [0.2, 0.25) is 0 Å². The Labute approximate surface area is 136 Å². The van der Waals surface area contributed by atoms with Crippen LogP contribution in [0.25, 0.3) is 0 Å². The highest BCUT2D eigenvalue weighted by Gasteiger charge is 2.48. The number of hydrogen-bond acceptors (Lipinski definition) is 2. The van der Waals surface area contributed by atoms with Gasteiger partial charge in [0.2, 0.25) is 0 Å². The summed E-state index contributed by atoms with van der Waals surface area (Å²) in [6.45, 7) is 4.34. The first-order valence-electron chi connectivity index (χ1n) is 6.75. The molecule has 1 aliphatic heterocycles. The monoisotopic (exact) mass is 405 g/mol. The molecule has 0 aromatic heterocycles. The van der Waals surface area contributed by atoms with Crippen LogP contribution in [-0.2, 0) is 4.79 Å². The lowest BCUT2D eigenvalue weighted by Gasteiger charge is -2.28. The van der Waals surface area contributed by atoms with E-state index in [0.717, 1.165) is 0 Å². The van der Waals surface area contributed by atoms with Crippen LogP contribution in [-0.4, -0.2) is 35.0 Å². The number of nitrogens with zero attached hydrogens (tertiary/aromatic N) is 1. The average Bonchev–Trinajstić information content (AvgIpc) is 2.84. The van der Waals surface area contributed by atoms with E-state index in [2.05, 4.69) is 0 Å². The predicted molar refractivity (Wildman–Crippen MR) is 84.5 cm³/mol. The number of carboxylic acid groups (broad SMARTS) is 1. The molecular formula is C15H17FINO3. The van der Waals surface area contributed by atoms with E-state index in [1.54, 1.807) is 4.90 Å². The molecular weight excluding hydrogens is 388 g/mol. The quantitative estimate of drug-likeness (QED) is 0.787. The van der Waals surface area contributed by atoms with Gasteiger partial charge in [0.25, 0.3) is 5.91 Å². The lowest BCUT2D eigenvalue weighted by atomic mass is 9.76. The smallest absolute Gasteiger partial charge is 0.311 e. The van der Waals surface area contributed by atoms with Crippen LogP contribution in [0.4, 0.5) is 4.39 Å². The van der Waals surface area contributed by atoms with Gasteiger partial charge in [0.1, 0.15) is 5.82 Å². The molecule has 1 fully saturated rings. The molecule has 1 atom stereocenters. The van der Waals surface area contributed by atoms with Crippen molar-refractivity contribution < 1.29 is 19.1 Å². The largest absolute Gasteiger partial charge is 0.481 e. The van der Waals surface area contributed by atoms with Crippen LogP contribution < -0.4 is 0 Å². The summed E-state index contributed by atoms with van der Waals surface area (Å²) in [6.07, 6.45) is 0.448. The fourth-order valence-electron chi connectivity index (χ4n) is 2.73. The van der Waals surface area contributed by atoms with Crippen LogP contribution in [0.1, 0.15) is 30.6 Å². The summed E-state index contributed by atoms with van der Waals surface area (Å²) in [4.78, 5) is 25.7. The normalized spacial score (nSPS) is 21.9. The molecule has 0 bridgehead atoms. The standard InChI is InChI=1S/C15H17FINO3/c1-9(2)15(14(20)21)5-6-18(8-15)13(19)11-4-3-10(16)7-12(11)17/h3-4,7,9H,5-6,8H2,1-2H3,(H,20,21). The lowest BCUT2D eigenvalue weighted by molar-refractivity contribution is -0.150. The second kappa shape index (κ2) is 5.90. The first-order chi connectivity index (χ1) is 9.78. The molecule has 0 aliphatic carbocycles. The number of amides is 1. The van der Waals surface area contributed by atoms with Gasteiger partial charge in [-0.1, -0.05) is 13.8 Å². The van der Waals surface area contributed by atoms with Gasteiger partial charge in [0.05, 0.1) is 11.0 Å². The van der Waals surface area contributed by atoms with Crippen molar-refractivity contribution in [3.05, 3.63) is 33.1 Å². The molecule has 1 saturated heterocycles. The van der Waals surface area contributed by atoms with E-state index >= 15 is 0 Å². The van der Waals surface area contributed by atoms with Crippen molar-refractivity contribution in [1.29, 1.82) is 0 Å². The van der Waals surface area contributed by atoms with Crippen molar-refractivity contribution in [2.45, 2.75) is 20.3 Å². The molecule has 21 heavy (non-hydrogen) atoms. The third-order valence-electron chi connectivity index (χ3n) is 4.28. The average molecular weight is 405 g/mol. The molecule has 1 aromatic rings. The summed E-state index contributed by atoms with van der Waals surface area (Å²) in [7, 11) is 0. The lowest BCUT2D eigenvalue weighted by Crippen LogP contribution is -2.40. The zero-order valence-corrected chi connectivity index (χ0v) is 14.1. The number of rotatable bonds is 3. The van der Waals surface area contributed by atoms with Crippen molar-refractivity contribution >= 4 is 34.5 Å². The van der Waals surface area contributed by atoms with Gasteiger partial charge in [0.15, 0.2) is 0 Å². The van der Waals surface area contributed by atoms with Crippen LogP contribution in [0.5, 0.6) is 0 Å². The number of aliphatic carboxylic acids is 1. The Morgan fingerprint density at radius 2 is 2.10 bits per heavy atom. The van der Waals surface area contributed by atoms with Gasteiger partial charge in [-0.2, -0.15) is 0 Å². The Kier molecular flexibility index (Phi) is 4.55. The Morgan fingerprint density at radius 1 is 1.43 bits per heavy atom. The summed E-state index contributed by atoms with van der Waals surface area (Å²) in [5.41, 5.74) is -0.469. The molecule has 0 spiro atoms. The van der Waals surface area contributed by atoms with Gasteiger partial charge >= 0.3 is 5.97 Å². The zero-order chi connectivity index (χ0) is 15.8. The van der Waals surface area contributed by atoms with Gasteiger partial charge in [-0.05, 0) is 53.1 Å². The number of halogens is 2. The van der Waals surface area contributed by atoms with Gasteiger partial charge in [-0.15, -0.1) is 0 Å². The molecule has 1 unspecified atom stereocenters. The van der Waals surface area contributed by atoms with E-state index < -0.39 is 11.4 Å². The highest BCUT2D eigenvalue weighted by atomic mass is 127. The third-order valence-corrected chi connectivity index (χ3v) is 5.17. The number of benzene rings is 1. The van der Waals surface area contributed by atoms with Gasteiger partial charge in [-0.25, -0.2) is 4.39 Å². The van der Waals surface area contributed by atoms with Gasteiger partial charge in [0, 0.05) is 16.7 Å². The number of carbonyl (C=O) groups is 2. The predicted octanol–water partition coefficient (Wildman–Crippen LogP) is 3.00. The summed E-state index contributed by atoms with van der Waals surface area (Å²) in [5, 5.41) is 9.51. The van der Waals surface area contributed by atoms with Crippen molar-refractivity contribution in [3.8, 4) is 0 Å². The minimum atomic E-state index is -0.888. The molecule has 1 aromatic carbocycles.